The molecule has 2 aromatic rings. The molecule has 0 radical (unpaired) electrons. The van der Waals surface area contributed by atoms with Crippen LogP contribution in [0.1, 0.15) is 42.3 Å². The van der Waals surface area contributed by atoms with Crippen LogP contribution >= 0.6 is 15.9 Å². The molecular formula is C19H20BrNaO3. The summed E-state index contributed by atoms with van der Waals surface area (Å²) >= 11 is 3.40. The van der Waals surface area contributed by atoms with Gasteiger partial charge in [-0.15, -0.1) is 6.07 Å². The fourth-order valence-corrected chi connectivity index (χ4v) is 2.69. The van der Waals surface area contributed by atoms with Gasteiger partial charge in [0.1, 0.15) is 12.2 Å². The zero-order chi connectivity index (χ0) is 17.0. The molecule has 0 aliphatic rings. The van der Waals surface area contributed by atoms with E-state index in [-0.39, 0.29) is 29.6 Å². The molecule has 3 nitrogen and oxygen atoms in total. The van der Waals surface area contributed by atoms with Gasteiger partial charge in [-0.2, -0.15) is 11.6 Å². The summed E-state index contributed by atoms with van der Waals surface area (Å²) in [6.45, 7) is 7.79. The van der Waals surface area contributed by atoms with E-state index in [0.717, 1.165) is 11.1 Å². The maximum atomic E-state index is 12.5. The van der Waals surface area contributed by atoms with E-state index in [1.54, 1.807) is 6.07 Å². The van der Waals surface area contributed by atoms with E-state index >= 15 is 0 Å². The van der Waals surface area contributed by atoms with E-state index in [0.29, 0.717) is 22.4 Å². The number of carbonyl (C=O) groups excluding carboxylic acids is 1. The van der Waals surface area contributed by atoms with Gasteiger partial charge in [-0.1, -0.05) is 57.7 Å². The van der Waals surface area contributed by atoms with Crippen LogP contribution in [0.4, 0.5) is 0 Å². The van der Waals surface area contributed by atoms with Crippen LogP contribution in [0.3, 0.4) is 0 Å². The van der Waals surface area contributed by atoms with Crippen LogP contribution in [0.2, 0.25) is 0 Å². The minimum absolute atomic E-state index is 0. The van der Waals surface area contributed by atoms with Crippen molar-refractivity contribution in [1.29, 1.82) is 0 Å². The van der Waals surface area contributed by atoms with Crippen LogP contribution in [-0.4, -0.2) is 11.6 Å². The van der Waals surface area contributed by atoms with Crippen LogP contribution in [0.5, 0.6) is 5.75 Å². The number of rotatable bonds is 4. The minimum Gasteiger partial charge on any atom is -0.513 e. The van der Waals surface area contributed by atoms with Crippen LogP contribution in [-0.2, 0) is 11.3 Å². The predicted octanol–water partition coefficient (Wildman–Crippen LogP) is 2.10. The van der Waals surface area contributed by atoms with Gasteiger partial charge < -0.3 is 9.47 Å². The van der Waals surface area contributed by atoms with Gasteiger partial charge in [0.25, 0.3) is 5.97 Å². The smallest absolute Gasteiger partial charge is 0.513 e. The Morgan fingerprint density at radius 1 is 1.21 bits per heavy atom. The summed E-state index contributed by atoms with van der Waals surface area (Å²) in [6, 6.07) is 14.7. The summed E-state index contributed by atoms with van der Waals surface area (Å²) in [4.78, 5) is 12.5. The molecule has 0 N–H and O–H groups in total. The van der Waals surface area contributed by atoms with Crippen molar-refractivity contribution in [3.05, 3.63) is 63.6 Å². The fourth-order valence-electron chi connectivity index (χ4n) is 2.02. The van der Waals surface area contributed by atoms with E-state index in [9.17, 15) is 4.79 Å². The average Bonchev–Trinajstić information content (AvgIpc) is 2.43. The summed E-state index contributed by atoms with van der Waals surface area (Å²) in [5.74, 6) is 0.0647. The second kappa shape index (κ2) is 9.04. The molecule has 2 rings (SSSR count). The van der Waals surface area contributed by atoms with Crippen molar-refractivity contribution in [2.75, 3.05) is 0 Å². The van der Waals surface area contributed by atoms with Gasteiger partial charge in [-0.05, 0) is 26.3 Å². The molecule has 0 atom stereocenters. The second-order valence-electron chi connectivity index (χ2n) is 6.28. The first-order chi connectivity index (χ1) is 10.8. The summed E-state index contributed by atoms with van der Waals surface area (Å²) in [7, 11) is 0. The van der Waals surface area contributed by atoms with Crippen molar-refractivity contribution in [3.8, 4) is 5.75 Å². The first kappa shape index (κ1) is 21.2. The normalized spacial score (nSPS) is 10.7. The predicted molar refractivity (Wildman–Crippen MR) is 93.7 cm³/mol. The van der Waals surface area contributed by atoms with E-state index in [1.165, 1.54) is 0 Å². The van der Waals surface area contributed by atoms with Crippen molar-refractivity contribution in [3.63, 3.8) is 0 Å². The molecule has 0 fully saturated rings. The van der Waals surface area contributed by atoms with Gasteiger partial charge in [0.15, 0.2) is 0 Å². The molecule has 0 aliphatic carbocycles. The third-order valence-electron chi connectivity index (χ3n) is 2.96. The van der Waals surface area contributed by atoms with Gasteiger partial charge in [0.2, 0.25) is 0 Å². The van der Waals surface area contributed by atoms with Crippen molar-refractivity contribution >= 4 is 21.9 Å². The number of hydrogen-bond acceptors (Lipinski definition) is 3. The topological polar surface area (TPSA) is 35.5 Å². The van der Waals surface area contributed by atoms with Crippen molar-refractivity contribution in [1.82, 2.24) is 0 Å². The molecular weight excluding hydrogens is 379 g/mol. The zero-order valence-corrected chi connectivity index (χ0v) is 18.4. The van der Waals surface area contributed by atoms with Crippen LogP contribution in [0.15, 0.2) is 40.9 Å². The molecule has 0 amide bonds. The van der Waals surface area contributed by atoms with Gasteiger partial charge in [-0.3, -0.25) is 4.79 Å². The van der Waals surface area contributed by atoms with Crippen LogP contribution in [0.25, 0.3) is 0 Å². The summed E-state index contributed by atoms with van der Waals surface area (Å²) < 4.78 is 11.9. The molecule has 5 heteroatoms. The number of halogens is 1. The molecule has 0 saturated carbocycles. The summed E-state index contributed by atoms with van der Waals surface area (Å²) in [5.41, 5.74) is 1.70. The SMILES string of the molecule is Cc1[c-]c(Br)c(C(=O)OC(C)(C)C)c(OCc2ccccc2)c1.[Na+]. The van der Waals surface area contributed by atoms with E-state index < -0.39 is 11.6 Å². The Morgan fingerprint density at radius 2 is 1.83 bits per heavy atom. The Kier molecular flexibility index (Phi) is 8.00. The fraction of sp³-hybridized carbons (Fsp3) is 0.316. The maximum Gasteiger partial charge on any atom is 1.00 e. The molecule has 24 heavy (non-hydrogen) atoms. The number of carbonyl (C=O) groups is 1. The Labute approximate surface area is 174 Å². The second-order valence-corrected chi connectivity index (χ2v) is 7.07. The quantitative estimate of drug-likeness (QED) is 0.449. The van der Waals surface area contributed by atoms with E-state index in [2.05, 4.69) is 22.0 Å². The third-order valence-corrected chi connectivity index (χ3v) is 3.56. The first-order valence-corrected chi connectivity index (χ1v) is 8.18. The number of hydrogen-bond donors (Lipinski definition) is 0. The average molecular weight is 399 g/mol. The third kappa shape index (κ3) is 6.25. The first-order valence-electron chi connectivity index (χ1n) is 7.39. The van der Waals surface area contributed by atoms with Crippen molar-refractivity contribution in [2.24, 2.45) is 0 Å². The molecule has 0 aromatic heterocycles. The Morgan fingerprint density at radius 3 is 2.42 bits per heavy atom. The van der Waals surface area contributed by atoms with Crippen LogP contribution in [0, 0.1) is 13.0 Å². The Hall–Kier alpha value is -0.810. The Balaban J connectivity index is 0.00000288. The summed E-state index contributed by atoms with van der Waals surface area (Å²) in [6.07, 6.45) is 0. The minimum atomic E-state index is -0.571. The maximum absolute atomic E-state index is 12.5. The largest absolute Gasteiger partial charge is 1.00 e. The molecule has 0 unspecified atom stereocenters. The molecule has 0 spiro atoms. The molecule has 0 bridgehead atoms. The number of ether oxygens (including phenoxy) is 2. The standard InChI is InChI=1S/C19H20BrO3.Na/c1-13-10-15(20)17(18(21)23-19(2,3)4)16(11-13)22-12-14-8-6-5-7-9-14;/h5-9,11H,12H2,1-4H3;/q-1;+1. The molecule has 122 valence electrons. The monoisotopic (exact) mass is 398 g/mol. The molecule has 0 heterocycles. The molecule has 2 aromatic carbocycles. The number of esters is 1. The molecule has 0 saturated heterocycles. The van der Waals surface area contributed by atoms with Crippen molar-refractivity contribution < 1.29 is 43.8 Å². The summed E-state index contributed by atoms with van der Waals surface area (Å²) in [5, 5.41) is 0. The van der Waals surface area contributed by atoms with Crippen molar-refractivity contribution in [2.45, 2.75) is 39.9 Å². The van der Waals surface area contributed by atoms with Gasteiger partial charge in [-0.25, -0.2) is 0 Å². The number of aryl methyl sites for hydroxylation is 1. The van der Waals surface area contributed by atoms with E-state index in [1.807, 2.05) is 58.0 Å². The van der Waals surface area contributed by atoms with Gasteiger partial charge in [0.05, 0.1) is 0 Å². The Bertz CT molecular complexity index is 694. The zero-order valence-electron chi connectivity index (χ0n) is 14.8. The van der Waals surface area contributed by atoms with Crippen LogP contribution < -0.4 is 34.3 Å². The number of benzene rings is 2. The van der Waals surface area contributed by atoms with Gasteiger partial charge >= 0.3 is 29.6 Å². The van der Waals surface area contributed by atoms with E-state index in [4.69, 9.17) is 9.47 Å². The van der Waals surface area contributed by atoms with Gasteiger partial charge in [0, 0.05) is 11.3 Å². The molecule has 0 aliphatic heterocycles.